The van der Waals surface area contributed by atoms with E-state index in [1.807, 2.05) is 18.0 Å². The van der Waals surface area contributed by atoms with Crippen LogP contribution in [0.5, 0.6) is 0 Å². The lowest BCUT2D eigenvalue weighted by molar-refractivity contribution is -0.127. The maximum Gasteiger partial charge on any atom is 0.224 e. The van der Waals surface area contributed by atoms with Crippen molar-refractivity contribution in [2.24, 2.45) is 28.7 Å². The number of carbonyl (C=O) groups is 1. The zero-order chi connectivity index (χ0) is 16.7. The summed E-state index contributed by atoms with van der Waals surface area (Å²) in [5.41, 5.74) is 1.18. The highest BCUT2D eigenvalue weighted by atomic mass is 35.5. The summed E-state index contributed by atoms with van der Waals surface area (Å²) in [6, 6.07) is 0.362. The van der Waals surface area contributed by atoms with Crippen molar-refractivity contribution in [2.45, 2.75) is 56.7 Å². The van der Waals surface area contributed by atoms with Gasteiger partial charge in [0.25, 0.3) is 0 Å². The predicted molar refractivity (Wildman–Crippen MR) is 108 cm³/mol. The van der Waals surface area contributed by atoms with Crippen LogP contribution in [0.1, 0.15) is 46.0 Å². The van der Waals surface area contributed by atoms with Gasteiger partial charge in [-0.25, -0.2) is 0 Å². The molecule has 0 aromatic carbocycles. The molecule has 138 valence electrons. The third-order valence-electron chi connectivity index (χ3n) is 6.81. The number of thioether (sulfide) groups is 1. The Hall–Kier alpha value is -0.740. The van der Waals surface area contributed by atoms with Gasteiger partial charge in [0.2, 0.25) is 5.91 Å². The third-order valence-corrected chi connectivity index (χ3v) is 8.53. The molecule has 4 rings (SSSR count). The van der Waals surface area contributed by atoms with Crippen LogP contribution in [0.3, 0.4) is 0 Å². The molecule has 6 unspecified atom stereocenters. The highest BCUT2D eigenvalue weighted by molar-refractivity contribution is 8.01. The first-order valence-corrected chi connectivity index (χ1v) is 10.4. The van der Waals surface area contributed by atoms with Crippen LogP contribution in [0.4, 0.5) is 0 Å². The molecule has 1 amide bonds. The van der Waals surface area contributed by atoms with Gasteiger partial charge in [0.15, 0.2) is 0 Å². The molecule has 0 radical (unpaired) electrons. The van der Waals surface area contributed by atoms with E-state index in [2.05, 4.69) is 42.4 Å². The number of carbonyl (C=O) groups excluding carboxylic acids is 1. The van der Waals surface area contributed by atoms with Crippen LogP contribution < -0.4 is 5.32 Å². The highest BCUT2D eigenvalue weighted by Crippen LogP contribution is 2.57. The van der Waals surface area contributed by atoms with E-state index in [0.717, 1.165) is 25.0 Å². The Kier molecular flexibility index (Phi) is 5.69. The van der Waals surface area contributed by atoms with Crippen LogP contribution in [0, 0.1) is 23.7 Å². The molecule has 2 aliphatic heterocycles. The Morgan fingerprint density at radius 2 is 2.20 bits per heavy atom. The van der Waals surface area contributed by atoms with Crippen molar-refractivity contribution in [2.75, 3.05) is 5.75 Å². The molecule has 3 nitrogen and oxygen atoms in total. The molecule has 0 bridgehead atoms. The fraction of sp³-hybridized carbons (Fsp3) is 0.700. The monoisotopic (exact) mass is 380 g/mol. The van der Waals surface area contributed by atoms with Gasteiger partial charge < -0.3 is 5.32 Å². The fourth-order valence-corrected chi connectivity index (χ4v) is 6.83. The summed E-state index contributed by atoms with van der Waals surface area (Å²) in [6.45, 7) is 4.63. The number of halogens is 1. The van der Waals surface area contributed by atoms with E-state index in [-0.39, 0.29) is 23.1 Å². The molecule has 2 aliphatic carbocycles. The molecule has 5 heteroatoms. The Morgan fingerprint density at radius 3 is 3.04 bits per heavy atom. The fourth-order valence-electron chi connectivity index (χ4n) is 5.01. The van der Waals surface area contributed by atoms with E-state index in [1.54, 1.807) is 0 Å². The van der Waals surface area contributed by atoms with E-state index < -0.39 is 0 Å². The van der Waals surface area contributed by atoms with Gasteiger partial charge in [0, 0.05) is 18.0 Å². The minimum atomic E-state index is 0. The first kappa shape index (κ1) is 19.0. The maximum atomic E-state index is 13.1. The van der Waals surface area contributed by atoms with Crippen LogP contribution in [0.25, 0.3) is 0 Å². The zero-order valence-corrected chi connectivity index (χ0v) is 16.7. The number of hydrogen-bond donors (Lipinski definition) is 1. The molecule has 4 aliphatic rings. The topological polar surface area (TPSA) is 41.5 Å². The van der Waals surface area contributed by atoms with E-state index >= 15 is 0 Å². The van der Waals surface area contributed by atoms with Gasteiger partial charge in [-0.2, -0.15) is 0 Å². The minimum Gasteiger partial charge on any atom is -0.353 e. The van der Waals surface area contributed by atoms with Gasteiger partial charge in [-0.15, -0.1) is 24.2 Å². The molecule has 1 N–H and O–H groups in total. The van der Waals surface area contributed by atoms with Crippen molar-refractivity contribution >= 4 is 36.3 Å². The van der Waals surface area contributed by atoms with Gasteiger partial charge in [-0.05, 0) is 43.1 Å². The van der Waals surface area contributed by atoms with E-state index in [1.165, 1.54) is 18.5 Å². The Labute approximate surface area is 161 Å². The minimum absolute atomic E-state index is 0. The van der Waals surface area contributed by atoms with Gasteiger partial charge in [-0.1, -0.05) is 38.8 Å². The summed E-state index contributed by atoms with van der Waals surface area (Å²) in [4.78, 5) is 17.7. The van der Waals surface area contributed by atoms with E-state index in [0.29, 0.717) is 29.7 Å². The first-order chi connectivity index (χ1) is 11.6. The molecule has 0 aromatic heterocycles. The third kappa shape index (κ3) is 3.21. The second kappa shape index (κ2) is 7.48. The van der Waals surface area contributed by atoms with Crippen molar-refractivity contribution in [3.05, 3.63) is 23.9 Å². The van der Waals surface area contributed by atoms with Crippen LogP contribution in [0.2, 0.25) is 0 Å². The number of amides is 1. The lowest BCUT2D eigenvalue weighted by Gasteiger charge is -2.40. The quantitative estimate of drug-likeness (QED) is 0.772. The summed E-state index contributed by atoms with van der Waals surface area (Å²) in [5, 5.41) is 3.43. The largest absolute Gasteiger partial charge is 0.353 e. The molecule has 1 saturated heterocycles. The Morgan fingerprint density at radius 1 is 1.36 bits per heavy atom. The normalized spacial score (nSPS) is 42.0. The second-order valence-corrected chi connectivity index (χ2v) is 9.38. The molecule has 0 aromatic rings. The summed E-state index contributed by atoms with van der Waals surface area (Å²) >= 11 is 1.96. The van der Waals surface area contributed by atoms with Crippen molar-refractivity contribution < 1.29 is 4.79 Å². The molecule has 1 spiro atoms. The van der Waals surface area contributed by atoms with Crippen LogP contribution in [0.15, 0.2) is 28.9 Å². The van der Waals surface area contributed by atoms with Crippen LogP contribution in [-0.2, 0) is 4.79 Å². The van der Waals surface area contributed by atoms with Crippen molar-refractivity contribution in [1.29, 1.82) is 0 Å². The Bertz CT molecular complexity index is 617. The summed E-state index contributed by atoms with van der Waals surface area (Å²) < 4.78 is 0.0526. The molecule has 6 atom stereocenters. The van der Waals surface area contributed by atoms with Crippen molar-refractivity contribution in [1.82, 2.24) is 5.32 Å². The summed E-state index contributed by atoms with van der Waals surface area (Å²) in [6.07, 6.45) is 14.2. The maximum absolute atomic E-state index is 13.1. The smallest absolute Gasteiger partial charge is 0.224 e. The lowest BCUT2D eigenvalue weighted by Crippen LogP contribution is -2.49. The average molecular weight is 381 g/mol. The summed E-state index contributed by atoms with van der Waals surface area (Å²) in [7, 11) is 0. The molecule has 25 heavy (non-hydrogen) atoms. The molecular formula is C20H29ClN2OS. The first-order valence-electron chi connectivity index (χ1n) is 9.46. The number of allylic oxidation sites excluding steroid dienone is 3. The molecular weight excluding hydrogens is 352 g/mol. The van der Waals surface area contributed by atoms with Crippen LogP contribution in [-0.4, -0.2) is 28.7 Å². The van der Waals surface area contributed by atoms with Gasteiger partial charge in [0.1, 0.15) is 0 Å². The van der Waals surface area contributed by atoms with Gasteiger partial charge in [0.05, 0.1) is 16.4 Å². The zero-order valence-electron chi connectivity index (χ0n) is 15.1. The van der Waals surface area contributed by atoms with Gasteiger partial charge >= 0.3 is 0 Å². The van der Waals surface area contributed by atoms with Crippen molar-refractivity contribution in [3.8, 4) is 0 Å². The number of nitrogens with one attached hydrogen (secondary N) is 1. The Balaban J connectivity index is 0.00000182. The van der Waals surface area contributed by atoms with Crippen LogP contribution >= 0.6 is 24.2 Å². The SMILES string of the molecule is CC1CCCC(NC(=O)C2CSC34CC=CC=C3N=CCC24)C1C.Cl. The number of aliphatic imine (C=N–C) groups is 1. The standard InChI is InChI=1S/C20H28N2OS.ClH/c1-13-6-5-7-17(14(13)2)22-19(23)15-12-24-20-10-4-3-8-18(20)21-11-9-16(15)20;/h3-4,8,11,13-17H,5-7,9-10,12H2,1-2H3,(H,22,23);1H. The average Bonchev–Trinajstić information content (AvgIpc) is 2.97. The van der Waals surface area contributed by atoms with Crippen molar-refractivity contribution in [3.63, 3.8) is 0 Å². The molecule has 2 heterocycles. The number of rotatable bonds is 2. The number of hydrogen-bond acceptors (Lipinski definition) is 3. The highest BCUT2D eigenvalue weighted by Gasteiger charge is 2.54. The van der Waals surface area contributed by atoms with E-state index in [4.69, 9.17) is 0 Å². The molecule has 2 fully saturated rings. The van der Waals surface area contributed by atoms with Gasteiger partial charge in [-0.3, -0.25) is 9.79 Å². The summed E-state index contributed by atoms with van der Waals surface area (Å²) in [5.74, 6) is 3.05. The lowest BCUT2D eigenvalue weighted by atomic mass is 9.73. The molecule has 1 saturated carbocycles. The predicted octanol–water partition coefficient (Wildman–Crippen LogP) is 4.39. The second-order valence-electron chi connectivity index (χ2n) is 8.03. The van der Waals surface area contributed by atoms with E-state index in [9.17, 15) is 4.79 Å². The number of nitrogens with zero attached hydrogens (tertiary/aromatic N) is 1.